The summed E-state index contributed by atoms with van der Waals surface area (Å²) in [5, 5.41) is 0. The van der Waals surface area contributed by atoms with Crippen molar-refractivity contribution >= 4 is 38.3 Å². The van der Waals surface area contributed by atoms with Gasteiger partial charge in [0.05, 0.1) is 6.04 Å². The number of amides is 1. The van der Waals surface area contributed by atoms with Crippen molar-refractivity contribution < 1.29 is 18.4 Å². The molecule has 1 aliphatic heterocycles. The van der Waals surface area contributed by atoms with E-state index in [1.807, 2.05) is 12.1 Å². The zero-order chi connectivity index (χ0) is 22.1. The highest BCUT2D eigenvalue weighted by Gasteiger charge is 2.46. The molecule has 2 aromatic rings. The van der Waals surface area contributed by atoms with Gasteiger partial charge in [0.2, 0.25) is 5.91 Å². The predicted octanol–water partition coefficient (Wildman–Crippen LogP) is 4.98. The summed E-state index contributed by atoms with van der Waals surface area (Å²) >= 11 is 0. The number of nitrogens with zero attached hydrogens (tertiary/aromatic N) is 1. The maximum Gasteiger partial charge on any atom is 0.453 e. The van der Waals surface area contributed by atoms with Gasteiger partial charge in [-0.25, -0.2) is 4.57 Å². The van der Waals surface area contributed by atoms with Crippen molar-refractivity contribution in [1.82, 2.24) is 4.90 Å². The third kappa shape index (κ3) is 8.20. The van der Waals surface area contributed by atoms with Crippen LogP contribution in [-0.4, -0.2) is 35.7 Å². The molecule has 33 heavy (non-hydrogen) atoms. The van der Waals surface area contributed by atoms with E-state index in [1.54, 1.807) is 53.4 Å². The molecule has 2 atom stereocenters. The lowest BCUT2D eigenvalue weighted by Gasteiger charge is -2.39. The SMILES string of the molecule is Cl.Cl.NCCCCC(N)C(=O)N1CCCCC1P(=O)(Oc1ccccc1)Oc1ccccc1. The lowest BCUT2D eigenvalue weighted by Crippen LogP contribution is -2.51. The molecule has 0 aromatic heterocycles. The maximum atomic E-state index is 14.2. The van der Waals surface area contributed by atoms with Gasteiger partial charge in [0.1, 0.15) is 11.5 Å². The first-order valence-corrected chi connectivity index (χ1v) is 12.5. The van der Waals surface area contributed by atoms with E-state index in [0.29, 0.717) is 37.4 Å². The average Bonchev–Trinajstić information content (AvgIpc) is 2.80. The molecule has 2 unspecified atom stereocenters. The highest BCUT2D eigenvalue weighted by atomic mass is 35.5. The zero-order valence-electron chi connectivity index (χ0n) is 18.6. The highest BCUT2D eigenvalue weighted by molar-refractivity contribution is 7.55. The number of rotatable bonds is 10. The summed E-state index contributed by atoms with van der Waals surface area (Å²) in [5.74, 6) is -0.0380. The van der Waals surface area contributed by atoms with Crippen molar-refractivity contribution in [3.05, 3.63) is 60.7 Å². The van der Waals surface area contributed by atoms with Gasteiger partial charge in [0.15, 0.2) is 5.78 Å². The fourth-order valence-electron chi connectivity index (χ4n) is 3.74. The number of hydrogen-bond acceptors (Lipinski definition) is 6. The smallest absolute Gasteiger partial charge is 0.415 e. The summed E-state index contributed by atoms with van der Waals surface area (Å²) in [6.07, 6.45) is 4.32. The van der Waals surface area contributed by atoms with Crippen molar-refractivity contribution in [3.63, 3.8) is 0 Å². The van der Waals surface area contributed by atoms with Gasteiger partial charge in [0.25, 0.3) is 0 Å². The summed E-state index contributed by atoms with van der Waals surface area (Å²) in [5.41, 5.74) is 11.7. The second kappa shape index (κ2) is 14.5. The lowest BCUT2D eigenvalue weighted by atomic mass is 10.1. The average molecular weight is 518 g/mol. The Balaban J connectivity index is 0.00000272. The van der Waals surface area contributed by atoms with E-state index in [9.17, 15) is 9.36 Å². The number of piperidine rings is 1. The zero-order valence-corrected chi connectivity index (χ0v) is 21.1. The van der Waals surface area contributed by atoms with Crippen LogP contribution in [0.4, 0.5) is 0 Å². The molecular weight excluding hydrogens is 484 g/mol. The minimum atomic E-state index is -3.79. The number of carbonyl (C=O) groups is 1. The molecule has 1 heterocycles. The molecule has 1 fully saturated rings. The third-order valence-electron chi connectivity index (χ3n) is 5.36. The molecule has 1 aliphatic rings. The van der Waals surface area contributed by atoms with E-state index < -0.39 is 19.4 Å². The summed E-state index contributed by atoms with van der Waals surface area (Å²) < 4.78 is 26.2. The number of para-hydroxylation sites is 2. The van der Waals surface area contributed by atoms with Crippen LogP contribution in [0.5, 0.6) is 11.5 Å². The first-order valence-electron chi connectivity index (χ1n) is 10.9. The van der Waals surface area contributed by atoms with E-state index in [1.165, 1.54) is 0 Å². The fourth-order valence-corrected chi connectivity index (χ4v) is 5.92. The number of nitrogens with two attached hydrogens (primary N) is 2. The number of carbonyl (C=O) groups excluding carboxylic acids is 1. The summed E-state index contributed by atoms with van der Waals surface area (Å²) in [4.78, 5) is 14.8. The van der Waals surface area contributed by atoms with E-state index in [0.717, 1.165) is 25.7 Å². The standard InChI is InChI=1S/C23H32N3O4P.2ClH/c24-17-9-7-15-21(25)23(27)26-18-10-8-16-22(26)31(28,29-19-11-3-1-4-12-19)30-20-13-5-2-6-14-20;;/h1-6,11-14,21-22H,7-10,15-18,24-25H2;2*1H. The number of likely N-dealkylation sites (tertiary alicyclic amines) is 1. The Labute approximate surface area is 208 Å². The van der Waals surface area contributed by atoms with Crippen LogP contribution in [0.25, 0.3) is 0 Å². The van der Waals surface area contributed by atoms with Crippen LogP contribution in [0.2, 0.25) is 0 Å². The Hall–Kier alpha value is -1.76. The molecular formula is C23H34Cl2N3O4P. The number of unbranched alkanes of at least 4 members (excludes halogenated alkanes) is 1. The molecule has 10 heteroatoms. The van der Waals surface area contributed by atoms with E-state index in [4.69, 9.17) is 20.5 Å². The molecule has 2 aromatic carbocycles. The Morgan fingerprint density at radius 2 is 1.52 bits per heavy atom. The second-order valence-corrected chi connectivity index (χ2v) is 9.79. The van der Waals surface area contributed by atoms with Crippen molar-refractivity contribution in [2.75, 3.05) is 13.1 Å². The quantitative estimate of drug-likeness (QED) is 0.340. The summed E-state index contributed by atoms with van der Waals surface area (Å²) in [6.45, 7) is 1.05. The van der Waals surface area contributed by atoms with Crippen molar-refractivity contribution in [2.45, 2.75) is 50.3 Å². The van der Waals surface area contributed by atoms with Gasteiger partial charge in [-0.05, 0) is 62.9 Å². The van der Waals surface area contributed by atoms with Gasteiger partial charge >= 0.3 is 7.60 Å². The van der Waals surface area contributed by atoms with E-state index in [-0.39, 0.29) is 30.7 Å². The van der Waals surface area contributed by atoms with Crippen molar-refractivity contribution in [2.24, 2.45) is 11.5 Å². The first kappa shape index (κ1) is 29.3. The van der Waals surface area contributed by atoms with Gasteiger partial charge in [-0.15, -0.1) is 24.8 Å². The molecule has 3 rings (SSSR count). The Kier molecular flexibility index (Phi) is 12.9. The molecule has 4 N–H and O–H groups in total. The van der Waals surface area contributed by atoms with Gasteiger partial charge < -0.3 is 25.4 Å². The summed E-state index contributed by atoms with van der Waals surface area (Å²) in [7, 11) is -3.79. The highest BCUT2D eigenvalue weighted by Crippen LogP contribution is 2.56. The van der Waals surface area contributed by atoms with Gasteiger partial charge in [-0.2, -0.15) is 0 Å². The van der Waals surface area contributed by atoms with Crippen LogP contribution in [-0.2, 0) is 9.36 Å². The number of halogens is 2. The van der Waals surface area contributed by atoms with E-state index in [2.05, 4.69) is 0 Å². The molecule has 7 nitrogen and oxygen atoms in total. The van der Waals surface area contributed by atoms with Gasteiger partial charge in [-0.1, -0.05) is 42.8 Å². The van der Waals surface area contributed by atoms with Gasteiger partial charge in [-0.3, -0.25) is 4.79 Å². The Bertz CT molecular complexity index is 831. The van der Waals surface area contributed by atoms with Crippen molar-refractivity contribution in [3.8, 4) is 11.5 Å². The van der Waals surface area contributed by atoms with E-state index >= 15 is 0 Å². The van der Waals surface area contributed by atoms with Crippen LogP contribution < -0.4 is 20.5 Å². The molecule has 1 amide bonds. The largest absolute Gasteiger partial charge is 0.453 e. The summed E-state index contributed by atoms with van der Waals surface area (Å²) in [6, 6.07) is 17.2. The fraction of sp³-hybridized carbons (Fsp3) is 0.435. The molecule has 1 saturated heterocycles. The minimum Gasteiger partial charge on any atom is -0.415 e. The van der Waals surface area contributed by atoms with Crippen molar-refractivity contribution in [1.29, 1.82) is 0 Å². The molecule has 0 bridgehead atoms. The molecule has 184 valence electrons. The molecule has 0 saturated carbocycles. The third-order valence-corrected chi connectivity index (χ3v) is 7.55. The molecule has 0 aliphatic carbocycles. The van der Waals surface area contributed by atoms with Crippen LogP contribution in [0.3, 0.4) is 0 Å². The Morgan fingerprint density at radius 1 is 0.970 bits per heavy atom. The second-order valence-electron chi connectivity index (χ2n) is 7.75. The van der Waals surface area contributed by atoms with Crippen LogP contribution in [0.1, 0.15) is 38.5 Å². The lowest BCUT2D eigenvalue weighted by molar-refractivity contribution is -0.135. The number of hydrogen-bond donors (Lipinski definition) is 2. The Morgan fingerprint density at radius 3 is 2.03 bits per heavy atom. The maximum absolute atomic E-state index is 14.2. The number of benzene rings is 2. The van der Waals surface area contributed by atoms with Gasteiger partial charge in [0, 0.05) is 6.54 Å². The molecule has 0 spiro atoms. The first-order chi connectivity index (χ1) is 15.0. The molecule has 0 radical (unpaired) electrons. The van der Waals surface area contributed by atoms with Crippen LogP contribution in [0.15, 0.2) is 60.7 Å². The normalized spacial score (nSPS) is 16.7. The monoisotopic (exact) mass is 517 g/mol. The van der Waals surface area contributed by atoms with Crippen LogP contribution in [0, 0.1) is 0 Å². The van der Waals surface area contributed by atoms with Crippen LogP contribution >= 0.6 is 32.4 Å². The minimum absolute atomic E-state index is 0. The predicted molar refractivity (Wildman–Crippen MR) is 136 cm³/mol. The topological polar surface area (TPSA) is 108 Å².